The number of hydrazine groups is 1. The predicted molar refractivity (Wildman–Crippen MR) is 114 cm³/mol. The molecule has 2 amide bonds. The van der Waals surface area contributed by atoms with E-state index in [1.165, 1.54) is 6.33 Å². The van der Waals surface area contributed by atoms with Gasteiger partial charge in [-0.2, -0.15) is 0 Å². The van der Waals surface area contributed by atoms with Crippen LogP contribution in [0.3, 0.4) is 0 Å². The first-order valence-electron chi connectivity index (χ1n) is 9.71. The molecule has 0 spiro atoms. The Labute approximate surface area is 179 Å². The van der Waals surface area contributed by atoms with Crippen LogP contribution < -0.4 is 25.0 Å². The monoisotopic (exact) mass is 425 g/mol. The number of benzene rings is 2. The fraction of sp³-hybridized carbons (Fsp3) is 0.286. The van der Waals surface area contributed by atoms with Gasteiger partial charge < -0.3 is 24.3 Å². The summed E-state index contributed by atoms with van der Waals surface area (Å²) in [4.78, 5) is 20.7. The van der Waals surface area contributed by atoms with E-state index in [0.717, 1.165) is 0 Å². The second kappa shape index (κ2) is 9.45. The van der Waals surface area contributed by atoms with Crippen LogP contribution in [0.2, 0.25) is 0 Å². The first-order chi connectivity index (χ1) is 15.2. The third-order valence-corrected chi connectivity index (χ3v) is 4.70. The van der Waals surface area contributed by atoms with Gasteiger partial charge in [0.05, 0.1) is 38.3 Å². The fourth-order valence-electron chi connectivity index (χ4n) is 3.14. The van der Waals surface area contributed by atoms with E-state index in [2.05, 4.69) is 20.7 Å². The van der Waals surface area contributed by atoms with E-state index >= 15 is 0 Å². The van der Waals surface area contributed by atoms with Gasteiger partial charge in [0.1, 0.15) is 12.1 Å². The van der Waals surface area contributed by atoms with Gasteiger partial charge in [-0.25, -0.2) is 19.8 Å². The van der Waals surface area contributed by atoms with Gasteiger partial charge in [-0.1, -0.05) is 0 Å². The van der Waals surface area contributed by atoms with Crippen molar-refractivity contribution >= 4 is 22.6 Å². The van der Waals surface area contributed by atoms with E-state index in [0.29, 0.717) is 66.0 Å². The number of morpholine rings is 1. The summed E-state index contributed by atoms with van der Waals surface area (Å²) in [5.74, 6) is 2.08. The highest BCUT2D eigenvalue weighted by Crippen LogP contribution is 2.35. The molecule has 3 aromatic rings. The third-order valence-electron chi connectivity index (χ3n) is 4.70. The number of aromatic nitrogens is 2. The summed E-state index contributed by atoms with van der Waals surface area (Å²) in [6.07, 6.45) is 1.43. The van der Waals surface area contributed by atoms with Crippen LogP contribution in [0, 0.1) is 0 Å². The van der Waals surface area contributed by atoms with E-state index in [4.69, 9.17) is 18.9 Å². The minimum absolute atomic E-state index is 0.307. The van der Waals surface area contributed by atoms with Crippen molar-refractivity contribution in [2.24, 2.45) is 0 Å². The second-order valence-electron chi connectivity index (χ2n) is 6.69. The van der Waals surface area contributed by atoms with Crippen LogP contribution in [0.25, 0.3) is 10.9 Å². The lowest BCUT2D eigenvalue weighted by Gasteiger charge is -2.26. The number of nitrogens with one attached hydrogen (secondary N) is 2. The molecule has 2 heterocycles. The van der Waals surface area contributed by atoms with Crippen molar-refractivity contribution in [3.63, 3.8) is 0 Å². The fourth-order valence-corrected chi connectivity index (χ4v) is 3.14. The van der Waals surface area contributed by atoms with Crippen LogP contribution in [-0.4, -0.2) is 61.5 Å². The van der Waals surface area contributed by atoms with Crippen LogP contribution >= 0.6 is 0 Å². The third kappa shape index (κ3) is 4.93. The first kappa shape index (κ1) is 20.6. The van der Waals surface area contributed by atoms with Crippen molar-refractivity contribution in [2.75, 3.05) is 45.8 Å². The topological polar surface area (TPSA) is 107 Å². The number of carbonyl (C=O) groups is 1. The number of amides is 2. The summed E-state index contributed by atoms with van der Waals surface area (Å²) in [5.41, 5.74) is 4.10. The van der Waals surface area contributed by atoms with Crippen molar-refractivity contribution in [2.45, 2.75) is 0 Å². The SMILES string of the molecule is COc1cc2ncnc(Oc3ccc(NC(=O)NN4CCOCC4)cc3)c2cc1OC. The number of rotatable bonds is 6. The molecule has 0 bridgehead atoms. The van der Waals surface area contributed by atoms with Crippen molar-refractivity contribution in [3.8, 4) is 23.1 Å². The van der Waals surface area contributed by atoms with Gasteiger partial charge in [0.2, 0.25) is 5.88 Å². The zero-order chi connectivity index (χ0) is 21.6. The number of ether oxygens (including phenoxy) is 4. The molecule has 1 aromatic heterocycles. The summed E-state index contributed by atoms with van der Waals surface area (Å²) in [6.45, 7) is 2.51. The van der Waals surface area contributed by atoms with E-state index in [-0.39, 0.29) is 6.03 Å². The Morgan fingerprint density at radius 1 is 1.03 bits per heavy atom. The zero-order valence-corrected chi connectivity index (χ0v) is 17.3. The molecule has 2 aromatic carbocycles. The average Bonchev–Trinajstić information content (AvgIpc) is 2.80. The Morgan fingerprint density at radius 3 is 2.45 bits per heavy atom. The number of methoxy groups -OCH3 is 2. The maximum atomic E-state index is 12.1. The smallest absolute Gasteiger partial charge is 0.333 e. The van der Waals surface area contributed by atoms with Crippen LogP contribution in [-0.2, 0) is 4.74 Å². The Hall–Kier alpha value is -3.63. The van der Waals surface area contributed by atoms with Crippen LogP contribution in [0.15, 0.2) is 42.7 Å². The molecule has 162 valence electrons. The number of hydrogen-bond acceptors (Lipinski definition) is 8. The first-order valence-corrected chi connectivity index (χ1v) is 9.71. The van der Waals surface area contributed by atoms with Crippen molar-refractivity contribution in [1.82, 2.24) is 20.4 Å². The Bertz CT molecular complexity index is 1050. The summed E-state index contributed by atoms with van der Waals surface area (Å²) >= 11 is 0. The minimum atomic E-state index is -0.307. The maximum absolute atomic E-state index is 12.1. The highest BCUT2D eigenvalue weighted by molar-refractivity contribution is 5.89. The van der Waals surface area contributed by atoms with Crippen molar-refractivity contribution in [1.29, 1.82) is 0 Å². The predicted octanol–water partition coefficient (Wildman–Crippen LogP) is 2.81. The molecule has 31 heavy (non-hydrogen) atoms. The van der Waals surface area contributed by atoms with Crippen LogP contribution in [0.1, 0.15) is 0 Å². The second-order valence-corrected chi connectivity index (χ2v) is 6.69. The van der Waals surface area contributed by atoms with Gasteiger partial charge >= 0.3 is 6.03 Å². The lowest BCUT2D eigenvalue weighted by atomic mass is 10.2. The molecule has 1 fully saturated rings. The molecule has 0 radical (unpaired) electrons. The van der Waals surface area contributed by atoms with Crippen molar-refractivity contribution < 1.29 is 23.7 Å². The Kier molecular flexibility index (Phi) is 6.29. The molecule has 0 aliphatic carbocycles. The van der Waals surface area contributed by atoms with E-state index in [9.17, 15) is 4.79 Å². The largest absolute Gasteiger partial charge is 0.493 e. The lowest BCUT2D eigenvalue weighted by molar-refractivity contribution is 0.0207. The molecule has 1 saturated heterocycles. The molecular formula is C21H23N5O5. The van der Waals surface area contributed by atoms with Crippen LogP contribution in [0.5, 0.6) is 23.1 Å². The molecule has 0 atom stereocenters. The summed E-state index contributed by atoms with van der Waals surface area (Å²) < 4.78 is 21.9. The average molecular weight is 425 g/mol. The molecule has 1 aliphatic heterocycles. The van der Waals surface area contributed by atoms with Gasteiger partial charge in [-0.05, 0) is 30.3 Å². The van der Waals surface area contributed by atoms with Crippen molar-refractivity contribution in [3.05, 3.63) is 42.7 Å². The Morgan fingerprint density at radius 2 is 1.74 bits per heavy atom. The number of carbonyl (C=O) groups excluding carboxylic acids is 1. The number of anilines is 1. The van der Waals surface area contributed by atoms with E-state index < -0.39 is 0 Å². The minimum Gasteiger partial charge on any atom is -0.493 e. The standard InChI is InChI=1S/C21H23N5O5/c1-28-18-11-16-17(12-19(18)29-2)22-13-23-20(16)31-15-5-3-14(4-6-15)24-21(27)25-26-7-9-30-10-8-26/h3-6,11-13H,7-10H2,1-2H3,(H2,24,25,27). The molecule has 1 aliphatic rings. The van der Waals surface area contributed by atoms with Gasteiger partial charge in [0.25, 0.3) is 0 Å². The van der Waals surface area contributed by atoms with E-state index in [1.54, 1.807) is 50.6 Å². The summed E-state index contributed by atoms with van der Waals surface area (Å²) in [5, 5.41) is 5.30. The summed E-state index contributed by atoms with van der Waals surface area (Å²) in [6, 6.07) is 10.2. The van der Waals surface area contributed by atoms with Gasteiger partial charge in [0.15, 0.2) is 11.5 Å². The molecule has 10 nitrogen and oxygen atoms in total. The highest BCUT2D eigenvalue weighted by Gasteiger charge is 2.14. The Balaban J connectivity index is 1.45. The summed E-state index contributed by atoms with van der Waals surface area (Å²) in [7, 11) is 3.13. The van der Waals surface area contributed by atoms with Gasteiger partial charge in [-0.3, -0.25) is 5.43 Å². The molecule has 0 saturated carbocycles. The number of hydrogen-bond donors (Lipinski definition) is 2. The molecule has 2 N–H and O–H groups in total. The number of urea groups is 1. The van der Waals surface area contributed by atoms with Crippen LogP contribution in [0.4, 0.5) is 10.5 Å². The molecular weight excluding hydrogens is 402 g/mol. The molecule has 4 rings (SSSR count). The highest BCUT2D eigenvalue weighted by atomic mass is 16.5. The quantitative estimate of drug-likeness (QED) is 0.621. The lowest BCUT2D eigenvalue weighted by Crippen LogP contribution is -2.49. The number of fused-ring (bicyclic) bond motifs is 1. The van der Waals surface area contributed by atoms with Gasteiger partial charge in [-0.15, -0.1) is 0 Å². The van der Waals surface area contributed by atoms with E-state index in [1.807, 2.05) is 5.01 Å². The molecule has 10 heteroatoms. The maximum Gasteiger partial charge on any atom is 0.333 e. The normalized spacial score (nSPS) is 14.1. The van der Waals surface area contributed by atoms with Gasteiger partial charge in [0, 0.05) is 24.8 Å². The number of nitrogens with zero attached hydrogens (tertiary/aromatic N) is 3. The molecule has 0 unspecified atom stereocenters. The zero-order valence-electron chi connectivity index (χ0n) is 17.3.